The van der Waals surface area contributed by atoms with E-state index in [2.05, 4.69) is 10.6 Å². The maximum Gasteiger partial charge on any atom is 0.313 e. The van der Waals surface area contributed by atoms with E-state index in [1.165, 1.54) is 0 Å². The highest BCUT2D eigenvalue weighted by molar-refractivity contribution is 8.02. The van der Waals surface area contributed by atoms with Gasteiger partial charge in [0, 0.05) is 18.3 Å². The van der Waals surface area contributed by atoms with Gasteiger partial charge in [0.05, 0.1) is 10.5 Å². The lowest BCUT2D eigenvalue weighted by molar-refractivity contribution is -0.133. The van der Waals surface area contributed by atoms with Crippen LogP contribution in [0.4, 0.5) is 5.69 Å². The Labute approximate surface area is 127 Å². The summed E-state index contributed by atoms with van der Waals surface area (Å²) in [6.07, 6.45) is 0. The summed E-state index contributed by atoms with van der Waals surface area (Å²) in [5, 5.41) is 13.9. The smallest absolute Gasteiger partial charge is 0.313 e. The van der Waals surface area contributed by atoms with Crippen molar-refractivity contribution >= 4 is 35.2 Å². The monoisotopic (exact) mass is 310 g/mol. The van der Waals surface area contributed by atoms with Crippen LogP contribution in [0.1, 0.15) is 24.2 Å². The van der Waals surface area contributed by atoms with Gasteiger partial charge in [0.15, 0.2) is 0 Å². The van der Waals surface area contributed by atoms with Gasteiger partial charge >= 0.3 is 5.97 Å². The van der Waals surface area contributed by atoms with E-state index in [0.717, 1.165) is 11.8 Å². The molecule has 0 aliphatic heterocycles. The molecule has 2 amide bonds. The summed E-state index contributed by atoms with van der Waals surface area (Å²) in [4.78, 5) is 34.1. The molecule has 0 aliphatic rings. The number of benzene rings is 1. The molecule has 0 heterocycles. The molecule has 0 fully saturated rings. The van der Waals surface area contributed by atoms with Gasteiger partial charge in [-0.2, -0.15) is 0 Å². The maximum absolute atomic E-state index is 12.1. The fourth-order valence-corrected chi connectivity index (χ4v) is 2.11. The fraction of sp³-hybridized carbons (Fsp3) is 0.357. The Kier molecular flexibility index (Phi) is 5.78. The molecule has 1 aromatic carbocycles. The molecular formula is C14H18N2O4S. The summed E-state index contributed by atoms with van der Waals surface area (Å²) >= 11 is 1.05. The molecule has 21 heavy (non-hydrogen) atoms. The molecule has 0 bridgehead atoms. The van der Waals surface area contributed by atoms with E-state index >= 15 is 0 Å². The second-order valence-corrected chi connectivity index (χ2v) is 6.40. The second-order valence-electron chi connectivity index (χ2n) is 4.80. The van der Waals surface area contributed by atoms with Gasteiger partial charge in [0.2, 0.25) is 5.91 Å². The van der Waals surface area contributed by atoms with Gasteiger partial charge in [-0.3, -0.25) is 14.4 Å². The van der Waals surface area contributed by atoms with Crippen molar-refractivity contribution in [3.8, 4) is 0 Å². The van der Waals surface area contributed by atoms with Crippen LogP contribution in [0.3, 0.4) is 0 Å². The number of carboxylic acid groups (broad SMARTS) is 1. The molecule has 114 valence electrons. The number of aliphatic carboxylic acids is 1. The average molecular weight is 310 g/mol. The number of amides is 2. The number of carbonyl (C=O) groups is 3. The first-order chi connectivity index (χ1) is 9.76. The van der Waals surface area contributed by atoms with E-state index < -0.39 is 10.7 Å². The van der Waals surface area contributed by atoms with Crippen LogP contribution >= 0.6 is 11.8 Å². The molecule has 0 aliphatic carbocycles. The lowest BCUT2D eigenvalue weighted by Gasteiger charge is -2.22. The lowest BCUT2D eigenvalue weighted by Crippen LogP contribution is -2.35. The van der Waals surface area contributed by atoms with Crippen LogP contribution < -0.4 is 10.6 Å². The number of nitrogens with one attached hydrogen (secondary N) is 2. The number of hydrogen-bond acceptors (Lipinski definition) is 4. The van der Waals surface area contributed by atoms with Crippen molar-refractivity contribution in [3.63, 3.8) is 0 Å². The predicted molar refractivity (Wildman–Crippen MR) is 82.6 cm³/mol. The summed E-state index contributed by atoms with van der Waals surface area (Å²) in [6, 6.07) is 6.46. The Hall–Kier alpha value is -2.02. The van der Waals surface area contributed by atoms with Crippen LogP contribution in [0.2, 0.25) is 0 Å². The van der Waals surface area contributed by atoms with E-state index in [9.17, 15) is 14.4 Å². The summed E-state index contributed by atoms with van der Waals surface area (Å²) in [5.74, 6) is -1.60. The Morgan fingerprint density at radius 1 is 1.19 bits per heavy atom. The normalized spacial score (nSPS) is 10.8. The zero-order valence-corrected chi connectivity index (χ0v) is 12.9. The molecule has 6 nitrogen and oxygen atoms in total. The summed E-state index contributed by atoms with van der Waals surface area (Å²) in [5.41, 5.74) is 1.05. The molecule has 0 saturated heterocycles. The molecule has 7 heteroatoms. The van der Waals surface area contributed by atoms with E-state index in [-0.39, 0.29) is 17.6 Å². The van der Waals surface area contributed by atoms with Crippen molar-refractivity contribution in [2.24, 2.45) is 0 Å². The zero-order chi connectivity index (χ0) is 16.0. The van der Waals surface area contributed by atoms with Crippen LogP contribution in [0, 0.1) is 0 Å². The number of carboxylic acids is 1. The summed E-state index contributed by atoms with van der Waals surface area (Å²) < 4.78 is -0.863. The Balaban J connectivity index is 2.69. The summed E-state index contributed by atoms with van der Waals surface area (Å²) in [7, 11) is 1.54. The van der Waals surface area contributed by atoms with E-state index in [1.54, 1.807) is 45.2 Å². The highest BCUT2D eigenvalue weighted by Crippen LogP contribution is 2.26. The molecule has 0 saturated carbocycles. The molecule has 3 N–H and O–H groups in total. The van der Waals surface area contributed by atoms with Crippen LogP contribution in [0.15, 0.2) is 24.3 Å². The molecule has 0 radical (unpaired) electrons. The topological polar surface area (TPSA) is 95.5 Å². The van der Waals surface area contributed by atoms with Gasteiger partial charge in [-0.1, -0.05) is 0 Å². The minimum atomic E-state index is -0.962. The van der Waals surface area contributed by atoms with Crippen molar-refractivity contribution in [3.05, 3.63) is 29.8 Å². The van der Waals surface area contributed by atoms with Gasteiger partial charge < -0.3 is 15.7 Å². The Morgan fingerprint density at radius 2 is 1.76 bits per heavy atom. The van der Waals surface area contributed by atoms with Gasteiger partial charge in [0.1, 0.15) is 0 Å². The van der Waals surface area contributed by atoms with Crippen molar-refractivity contribution in [2.45, 2.75) is 18.6 Å². The second kappa shape index (κ2) is 7.12. The number of carbonyl (C=O) groups excluding carboxylic acids is 2. The van der Waals surface area contributed by atoms with Crippen molar-refractivity contribution in [2.75, 3.05) is 18.1 Å². The third-order valence-corrected chi connectivity index (χ3v) is 4.03. The lowest BCUT2D eigenvalue weighted by atomic mass is 10.1. The molecule has 0 atom stereocenters. The fourth-order valence-electron chi connectivity index (χ4n) is 1.44. The molecule has 0 spiro atoms. The SMILES string of the molecule is CNC(=O)c1ccc(NC(=O)C(C)(C)SCC(=O)O)cc1. The number of thioether (sulfide) groups is 1. The van der Waals surface area contributed by atoms with Crippen LogP contribution in [0.5, 0.6) is 0 Å². The third-order valence-electron chi connectivity index (χ3n) is 2.74. The molecule has 0 unspecified atom stereocenters. The van der Waals surface area contributed by atoms with Gasteiger partial charge in [-0.25, -0.2) is 0 Å². The zero-order valence-electron chi connectivity index (χ0n) is 12.1. The predicted octanol–water partition coefficient (Wildman–Crippen LogP) is 1.58. The highest BCUT2D eigenvalue weighted by Gasteiger charge is 2.29. The first kappa shape index (κ1) is 17.0. The third kappa shape index (κ3) is 5.11. The van der Waals surface area contributed by atoms with Crippen LogP contribution in [-0.4, -0.2) is 40.4 Å². The van der Waals surface area contributed by atoms with E-state index in [0.29, 0.717) is 11.3 Å². The number of hydrogen-bond donors (Lipinski definition) is 3. The van der Waals surface area contributed by atoms with Gasteiger partial charge in [-0.15, -0.1) is 11.8 Å². The largest absolute Gasteiger partial charge is 0.481 e. The van der Waals surface area contributed by atoms with Gasteiger partial charge in [-0.05, 0) is 38.1 Å². The minimum Gasteiger partial charge on any atom is -0.481 e. The highest BCUT2D eigenvalue weighted by atomic mass is 32.2. The van der Waals surface area contributed by atoms with E-state index in [4.69, 9.17) is 5.11 Å². The standard InChI is InChI=1S/C14H18N2O4S/c1-14(2,21-8-11(17)18)13(20)16-10-6-4-9(5-7-10)12(19)15-3/h4-7H,8H2,1-3H3,(H,15,19)(H,16,20)(H,17,18). The first-order valence-corrected chi connectivity index (χ1v) is 7.24. The molecular weight excluding hydrogens is 292 g/mol. The van der Waals surface area contributed by atoms with Gasteiger partial charge in [0.25, 0.3) is 5.91 Å². The molecule has 0 aromatic heterocycles. The maximum atomic E-state index is 12.1. The quantitative estimate of drug-likeness (QED) is 0.741. The minimum absolute atomic E-state index is 0.143. The van der Waals surface area contributed by atoms with Crippen molar-refractivity contribution < 1.29 is 19.5 Å². The van der Waals surface area contributed by atoms with E-state index in [1.807, 2.05) is 0 Å². The first-order valence-electron chi connectivity index (χ1n) is 6.25. The average Bonchev–Trinajstić information content (AvgIpc) is 2.45. The van der Waals surface area contributed by atoms with Crippen LogP contribution in [0.25, 0.3) is 0 Å². The molecule has 1 aromatic rings. The Morgan fingerprint density at radius 3 is 2.24 bits per heavy atom. The summed E-state index contributed by atoms with van der Waals surface area (Å²) in [6.45, 7) is 3.32. The van der Waals surface area contributed by atoms with Crippen LogP contribution in [-0.2, 0) is 9.59 Å². The number of rotatable bonds is 6. The van der Waals surface area contributed by atoms with Crippen molar-refractivity contribution in [1.82, 2.24) is 5.32 Å². The number of anilines is 1. The molecule has 1 rings (SSSR count). The van der Waals surface area contributed by atoms with Crippen molar-refractivity contribution in [1.29, 1.82) is 0 Å². The Bertz CT molecular complexity index is 540.